The third-order valence-corrected chi connectivity index (χ3v) is 4.60. The minimum absolute atomic E-state index is 0.0153. The van der Waals surface area contributed by atoms with Gasteiger partial charge in [-0.1, -0.05) is 0 Å². The summed E-state index contributed by atoms with van der Waals surface area (Å²) in [6.07, 6.45) is 0. The Morgan fingerprint density at radius 1 is 1.15 bits per heavy atom. The summed E-state index contributed by atoms with van der Waals surface area (Å²) in [6.45, 7) is 8.06. The molecule has 3 rings (SSSR count). The topological polar surface area (TPSA) is 109 Å². The Balaban J connectivity index is 1.59. The van der Waals surface area contributed by atoms with E-state index in [0.717, 1.165) is 24.7 Å². The Labute approximate surface area is 156 Å². The van der Waals surface area contributed by atoms with Crippen LogP contribution < -0.4 is 9.80 Å². The summed E-state index contributed by atoms with van der Waals surface area (Å²) in [5, 5.41) is 19.3. The fourth-order valence-corrected chi connectivity index (χ4v) is 3.04. The van der Waals surface area contributed by atoms with E-state index in [1.807, 2.05) is 12.1 Å². The summed E-state index contributed by atoms with van der Waals surface area (Å²) in [5.41, 5.74) is 0. The number of amides is 1. The Bertz CT molecular complexity index is 794. The molecule has 1 aliphatic rings. The third kappa shape index (κ3) is 3.99. The number of rotatable bonds is 6. The Morgan fingerprint density at radius 3 is 2.37 bits per heavy atom. The van der Waals surface area contributed by atoms with Gasteiger partial charge in [0.25, 0.3) is 5.91 Å². The van der Waals surface area contributed by atoms with Crippen LogP contribution in [-0.2, 0) is 0 Å². The molecule has 0 aliphatic carbocycles. The molecule has 0 N–H and O–H groups in total. The van der Waals surface area contributed by atoms with Crippen molar-refractivity contribution in [2.24, 2.45) is 0 Å². The molecule has 144 valence electrons. The number of piperazine rings is 1. The first-order chi connectivity index (χ1) is 13.0. The van der Waals surface area contributed by atoms with E-state index in [1.54, 1.807) is 4.90 Å². The second kappa shape index (κ2) is 8.02. The van der Waals surface area contributed by atoms with Crippen molar-refractivity contribution in [2.75, 3.05) is 49.1 Å². The molecule has 0 radical (unpaired) electrons. The van der Waals surface area contributed by atoms with Gasteiger partial charge in [0.1, 0.15) is 4.92 Å². The lowest BCUT2D eigenvalue weighted by atomic mass is 10.2. The average Bonchev–Trinajstić information content (AvgIpc) is 3.20. The first-order valence-electron chi connectivity index (χ1n) is 8.90. The second-order valence-corrected chi connectivity index (χ2v) is 6.10. The number of carbonyl (C=O) groups is 1. The van der Waals surface area contributed by atoms with Crippen LogP contribution in [0.5, 0.6) is 0 Å². The van der Waals surface area contributed by atoms with Crippen molar-refractivity contribution in [1.29, 1.82) is 0 Å². The van der Waals surface area contributed by atoms with Crippen LogP contribution in [0.15, 0.2) is 28.7 Å². The van der Waals surface area contributed by atoms with E-state index < -0.39 is 10.8 Å². The van der Waals surface area contributed by atoms with Crippen LogP contribution in [0, 0.1) is 10.1 Å². The molecule has 1 aliphatic heterocycles. The fraction of sp³-hybridized carbons (Fsp3) is 0.471. The van der Waals surface area contributed by atoms with Gasteiger partial charge in [-0.25, -0.2) is 0 Å². The largest absolute Gasteiger partial charge is 0.433 e. The average molecular weight is 374 g/mol. The number of nitrogens with zero attached hydrogens (tertiary/aromatic N) is 6. The lowest BCUT2D eigenvalue weighted by molar-refractivity contribution is -0.402. The highest BCUT2D eigenvalue weighted by molar-refractivity contribution is 5.92. The molecular formula is C17H22N6O4. The van der Waals surface area contributed by atoms with Crippen molar-refractivity contribution in [3.05, 3.63) is 40.1 Å². The maximum absolute atomic E-state index is 12.4. The maximum Gasteiger partial charge on any atom is 0.433 e. The molecule has 0 atom stereocenters. The summed E-state index contributed by atoms with van der Waals surface area (Å²) >= 11 is 0. The Morgan fingerprint density at radius 2 is 1.85 bits per heavy atom. The highest BCUT2D eigenvalue weighted by atomic mass is 16.6. The maximum atomic E-state index is 12.4. The molecule has 2 aromatic heterocycles. The van der Waals surface area contributed by atoms with Gasteiger partial charge in [-0.2, -0.15) is 0 Å². The number of hydrogen-bond donors (Lipinski definition) is 0. The molecule has 1 amide bonds. The minimum Gasteiger partial charge on any atom is -0.395 e. The standard InChI is InChI=1S/C17H22N6O4/c1-3-20(4-2)14-6-7-15(19-18-14)21-9-11-22(12-10-21)17(24)13-5-8-16(27-13)23(25)26/h5-8H,3-4,9-12H2,1-2H3. The van der Waals surface area contributed by atoms with E-state index in [0.29, 0.717) is 26.2 Å². The van der Waals surface area contributed by atoms with Crippen molar-refractivity contribution in [3.63, 3.8) is 0 Å². The summed E-state index contributed by atoms with van der Waals surface area (Å²) < 4.78 is 5.00. The minimum atomic E-state index is -0.657. The summed E-state index contributed by atoms with van der Waals surface area (Å²) in [6, 6.07) is 6.42. The van der Waals surface area contributed by atoms with Crippen LogP contribution in [0.4, 0.5) is 17.5 Å². The predicted molar refractivity (Wildman–Crippen MR) is 99.1 cm³/mol. The van der Waals surface area contributed by atoms with Gasteiger partial charge >= 0.3 is 5.88 Å². The lowest BCUT2D eigenvalue weighted by Gasteiger charge is -2.34. The van der Waals surface area contributed by atoms with Crippen molar-refractivity contribution >= 4 is 23.4 Å². The zero-order valence-corrected chi connectivity index (χ0v) is 15.4. The molecule has 1 fully saturated rings. The van der Waals surface area contributed by atoms with Gasteiger partial charge in [0.05, 0.1) is 6.07 Å². The van der Waals surface area contributed by atoms with Crippen molar-refractivity contribution in [3.8, 4) is 0 Å². The van der Waals surface area contributed by atoms with Gasteiger partial charge in [0.2, 0.25) is 0 Å². The van der Waals surface area contributed by atoms with Crippen molar-refractivity contribution in [2.45, 2.75) is 13.8 Å². The third-order valence-electron chi connectivity index (χ3n) is 4.60. The van der Waals surface area contributed by atoms with Crippen LogP contribution in [0.3, 0.4) is 0 Å². The summed E-state index contributed by atoms with van der Waals surface area (Å²) in [7, 11) is 0. The van der Waals surface area contributed by atoms with E-state index in [1.165, 1.54) is 12.1 Å². The number of hydrogen-bond acceptors (Lipinski definition) is 8. The fourth-order valence-electron chi connectivity index (χ4n) is 3.04. The van der Waals surface area contributed by atoms with Crippen molar-refractivity contribution in [1.82, 2.24) is 15.1 Å². The molecule has 0 saturated carbocycles. The van der Waals surface area contributed by atoms with Gasteiger partial charge in [0, 0.05) is 39.3 Å². The van der Waals surface area contributed by atoms with E-state index in [-0.39, 0.29) is 11.7 Å². The molecule has 0 spiro atoms. The Hall–Kier alpha value is -3.17. The molecule has 0 aromatic carbocycles. The SMILES string of the molecule is CCN(CC)c1ccc(N2CCN(C(=O)c3ccc([N+](=O)[O-])o3)CC2)nn1. The van der Waals surface area contributed by atoms with Crippen LogP contribution in [0.25, 0.3) is 0 Å². The van der Waals surface area contributed by atoms with E-state index in [2.05, 4.69) is 33.8 Å². The van der Waals surface area contributed by atoms with Gasteiger partial charge in [-0.3, -0.25) is 14.9 Å². The number of nitro groups is 1. The first-order valence-corrected chi connectivity index (χ1v) is 8.90. The molecule has 27 heavy (non-hydrogen) atoms. The number of furan rings is 1. The first kappa shape index (κ1) is 18.6. The summed E-state index contributed by atoms with van der Waals surface area (Å²) in [5.74, 6) is 0.827. The van der Waals surface area contributed by atoms with Gasteiger partial charge in [0.15, 0.2) is 17.4 Å². The van der Waals surface area contributed by atoms with E-state index in [9.17, 15) is 14.9 Å². The van der Waals surface area contributed by atoms with Crippen LogP contribution in [0.1, 0.15) is 24.4 Å². The van der Waals surface area contributed by atoms with E-state index in [4.69, 9.17) is 4.42 Å². The smallest absolute Gasteiger partial charge is 0.395 e. The van der Waals surface area contributed by atoms with Gasteiger partial charge in [-0.05, 0) is 32.0 Å². The molecule has 0 bridgehead atoms. The highest BCUT2D eigenvalue weighted by Crippen LogP contribution is 2.20. The molecule has 10 nitrogen and oxygen atoms in total. The summed E-state index contributed by atoms with van der Waals surface area (Å²) in [4.78, 5) is 28.3. The number of carbonyl (C=O) groups excluding carboxylic acids is 1. The monoisotopic (exact) mass is 374 g/mol. The molecule has 3 heterocycles. The molecule has 1 saturated heterocycles. The van der Waals surface area contributed by atoms with Crippen LogP contribution in [0.2, 0.25) is 0 Å². The zero-order chi connectivity index (χ0) is 19.4. The Kier molecular flexibility index (Phi) is 5.53. The number of aromatic nitrogens is 2. The van der Waals surface area contributed by atoms with Gasteiger partial charge in [-0.15, -0.1) is 10.2 Å². The molecular weight excluding hydrogens is 352 g/mol. The lowest BCUT2D eigenvalue weighted by Crippen LogP contribution is -2.49. The van der Waals surface area contributed by atoms with Crippen LogP contribution in [-0.4, -0.2) is 65.2 Å². The molecule has 0 unspecified atom stereocenters. The van der Waals surface area contributed by atoms with Crippen LogP contribution >= 0.6 is 0 Å². The molecule has 10 heteroatoms. The normalized spacial score (nSPS) is 14.3. The highest BCUT2D eigenvalue weighted by Gasteiger charge is 2.26. The van der Waals surface area contributed by atoms with Crippen molar-refractivity contribution < 1.29 is 14.1 Å². The van der Waals surface area contributed by atoms with Gasteiger partial charge < -0.3 is 19.1 Å². The molecule has 2 aromatic rings. The second-order valence-electron chi connectivity index (χ2n) is 6.10. The predicted octanol–water partition coefficient (Wildman–Crippen LogP) is 1.79. The van der Waals surface area contributed by atoms with E-state index >= 15 is 0 Å². The number of anilines is 2. The zero-order valence-electron chi connectivity index (χ0n) is 15.4. The quantitative estimate of drug-likeness (QED) is 0.556.